The van der Waals surface area contributed by atoms with Gasteiger partial charge in [-0.15, -0.1) is 0 Å². The summed E-state index contributed by atoms with van der Waals surface area (Å²) in [4.78, 5) is 22.1. The molecule has 0 aromatic carbocycles. The molecule has 1 aromatic heterocycles. The summed E-state index contributed by atoms with van der Waals surface area (Å²) >= 11 is 0. The van der Waals surface area contributed by atoms with Crippen molar-refractivity contribution < 1.29 is 4.79 Å². The number of carbonyl (C=O) groups is 1. The third kappa shape index (κ3) is 5.86. The van der Waals surface area contributed by atoms with Crippen LogP contribution in [0.3, 0.4) is 0 Å². The molecule has 0 saturated heterocycles. The summed E-state index contributed by atoms with van der Waals surface area (Å²) in [6.45, 7) is 8.05. The van der Waals surface area contributed by atoms with Gasteiger partial charge in [-0.05, 0) is 12.3 Å². The van der Waals surface area contributed by atoms with Crippen molar-refractivity contribution >= 4 is 17.5 Å². The molecule has 1 amide bonds. The largest absolute Gasteiger partial charge is 0.369 e. The quantitative estimate of drug-likeness (QED) is 0.755. The number of anilines is 2. The molecular weight excluding hydrogens is 254 g/mol. The Labute approximate surface area is 121 Å². The van der Waals surface area contributed by atoms with E-state index in [1.165, 1.54) is 0 Å². The second-order valence-corrected chi connectivity index (χ2v) is 5.24. The normalized spacial score (nSPS) is 10.4. The fourth-order valence-corrected chi connectivity index (χ4v) is 1.55. The summed E-state index contributed by atoms with van der Waals surface area (Å²) in [6, 6.07) is 0. The zero-order valence-electron chi connectivity index (χ0n) is 12.8. The fraction of sp³-hybridized carbons (Fsp3) is 0.643. The van der Waals surface area contributed by atoms with E-state index >= 15 is 0 Å². The molecule has 6 heteroatoms. The zero-order chi connectivity index (χ0) is 15.0. The zero-order valence-corrected chi connectivity index (χ0v) is 12.8. The minimum absolute atomic E-state index is 0.00470. The van der Waals surface area contributed by atoms with Crippen molar-refractivity contribution in [1.82, 2.24) is 15.3 Å². The number of nitrogens with one attached hydrogen (secondary N) is 2. The first kappa shape index (κ1) is 16.2. The summed E-state index contributed by atoms with van der Waals surface area (Å²) in [6.07, 6.45) is 4.37. The number of carbonyl (C=O) groups excluding carboxylic acids is 1. The van der Waals surface area contributed by atoms with E-state index in [2.05, 4.69) is 41.4 Å². The van der Waals surface area contributed by atoms with Crippen LogP contribution >= 0.6 is 0 Å². The minimum atomic E-state index is -0.00470. The molecule has 20 heavy (non-hydrogen) atoms. The van der Waals surface area contributed by atoms with Crippen LogP contribution in [0, 0.1) is 5.92 Å². The Morgan fingerprint density at radius 3 is 2.80 bits per heavy atom. The Morgan fingerprint density at radius 2 is 2.15 bits per heavy atom. The van der Waals surface area contributed by atoms with E-state index < -0.39 is 0 Å². The Bertz CT molecular complexity index is 422. The first-order valence-corrected chi connectivity index (χ1v) is 7.06. The van der Waals surface area contributed by atoms with Crippen LogP contribution in [0.1, 0.15) is 27.2 Å². The van der Waals surface area contributed by atoms with Crippen molar-refractivity contribution in [2.75, 3.05) is 36.9 Å². The molecular formula is C14H25N5O. The van der Waals surface area contributed by atoms with Crippen molar-refractivity contribution in [2.24, 2.45) is 5.92 Å². The van der Waals surface area contributed by atoms with Gasteiger partial charge in [-0.2, -0.15) is 0 Å². The lowest BCUT2D eigenvalue weighted by molar-refractivity contribution is -0.119. The Morgan fingerprint density at radius 1 is 1.40 bits per heavy atom. The lowest BCUT2D eigenvalue weighted by Gasteiger charge is -2.18. The predicted octanol–water partition coefficient (Wildman–Crippen LogP) is 1.51. The fourth-order valence-electron chi connectivity index (χ4n) is 1.55. The summed E-state index contributed by atoms with van der Waals surface area (Å²) in [5.41, 5.74) is 0. The molecule has 0 radical (unpaired) electrons. The molecule has 0 fully saturated rings. The van der Waals surface area contributed by atoms with E-state index in [-0.39, 0.29) is 12.5 Å². The third-order valence-corrected chi connectivity index (χ3v) is 2.66. The van der Waals surface area contributed by atoms with Gasteiger partial charge in [-0.3, -0.25) is 9.78 Å². The van der Waals surface area contributed by atoms with E-state index in [1.807, 2.05) is 7.05 Å². The first-order chi connectivity index (χ1) is 9.52. The van der Waals surface area contributed by atoms with E-state index in [0.717, 1.165) is 18.8 Å². The van der Waals surface area contributed by atoms with Crippen molar-refractivity contribution in [3.05, 3.63) is 12.4 Å². The second-order valence-electron chi connectivity index (χ2n) is 5.24. The number of aromatic nitrogens is 2. The van der Waals surface area contributed by atoms with Gasteiger partial charge in [0.25, 0.3) is 0 Å². The van der Waals surface area contributed by atoms with Gasteiger partial charge < -0.3 is 15.5 Å². The summed E-state index contributed by atoms with van der Waals surface area (Å²) in [5.74, 6) is 1.87. The van der Waals surface area contributed by atoms with Gasteiger partial charge >= 0.3 is 0 Å². The number of hydrogen-bond acceptors (Lipinski definition) is 5. The Kier molecular flexibility index (Phi) is 6.76. The van der Waals surface area contributed by atoms with Gasteiger partial charge in [0, 0.05) is 20.1 Å². The molecule has 0 bridgehead atoms. The molecule has 0 aliphatic carbocycles. The maximum absolute atomic E-state index is 11.8. The lowest BCUT2D eigenvalue weighted by atomic mass is 10.2. The number of amides is 1. The molecule has 0 aliphatic heterocycles. The van der Waals surface area contributed by atoms with E-state index in [0.29, 0.717) is 18.3 Å². The highest BCUT2D eigenvalue weighted by Gasteiger charge is 2.09. The van der Waals surface area contributed by atoms with Crippen molar-refractivity contribution in [2.45, 2.75) is 27.2 Å². The topological polar surface area (TPSA) is 70.2 Å². The molecule has 1 rings (SSSR count). The second kappa shape index (κ2) is 8.35. The smallest absolute Gasteiger partial charge is 0.239 e. The average molecular weight is 279 g/mol. The molecule has 0 spiro atoms. The number of hydrogen-bond donors (Lipinski definition) is 2. The van der Waals surface area contributed by atoms with Gasteiger partial charge in [0.05, 0.1) is 18.9 Å². The molecule has 6 nitrogen and oxygen atoms in total. The van der Waals surface area contributed by atoms with E-state index in [1.54, 1.807) is 17.3 Å². The van der Waals surface area contributed by atoms with Crippen LogP contribution < -0.4 is 15.5 Å². The number of rotatable bonds is 8. The highest BCUT2D eigenvalue weighted by Crippen LogP contribution is 2.10. The van der Waals surface area contributed by atoms with Crippen LogP contribution in [0.25, 0.3) is 0 Å². The van der Waals surface area contributed by atoms with Crippen LogP contribution in [-0.2, 0) is 4.79 Å². The van der Waals surface area contributed by atoms with E-state index in [9.17, 15) is 4.79 Å². The van der Waals surface area contributed by atoms with Gasteiger partial charge in [-0.25, -0.2) is 4.98 Å². The van der Waals surface area contributed by atoms with Crippen LogP contribution in [0.15, 0.2) is 12.4 Å². The molecule has 1 aromatic rings. The molecule has 112 valence electrons. The average Bonchev–Trinajstić information content (AvgIpc) is 2.43. The van der Waals surface area contributed by atoms with Gasteiger partial charge in [0.1, 0.15) is 11.6 Å². The van der Waals surface area contributed by atoms with E-state index in [4.69, 9.17) is 0 Å². The van der Waals surface area contributed by atoms with Gasteiger partial charge in [0.2, 0.25) is 5.91 Å². The maximum Gasteiger partial charge on any atom is 0.239 e. The van der Waals surface area contributed by atoms with Crippen LogP contribution in [0.4, 0.5) is 11.6 Å². The summed E-state index contributed by atoms with van der Waals surface area (Å²) in [5, 5.41) is 6.07. The Balaban J connectivity index is 2.53. The third-order valence-electron chi connectivity index (χ3n) is 2.66. The lowest BCUT2D eigenvalue weighted by Crippen LogP contribution is -2.37. The number of nitrogens with zero attached hydrogens (tertiary/aromatic N) is 3. The Hall–Kier alpha value is -1.85. The molecule has 1 heterocycles. The first-order valence-electron chi connectivity index (χ1n) is 7.06. The molecule has 2 N–H and O–H groups in total. The van der Waals surface area contributed by atoms with Crippen molar-refractivity contribution in [1.29, 1.82) is 0 Å². The maximum atomic E-state index is 11.8. The van der Waals surface area contributed by atoms with Crippen LogP contribution in [0.2, 0.25) is 0 Å². The molecule has 0 aliphatic rings. The predicted molar refractivity (Wildman–Crippen MR) is 81.9 cm³/mol. The van der Waals surface area contributed by atoms with Crippen molar-refractivity contribution in [3.8, 4) is 0 Å². The molecule has 0 atom stereocenters. The molecule has 0 saturated carbocycles. The van der Waals surface area contributed by atoms with Gasteiger partial charge in [-0.1, -0.05) is 20.8 Å². The SMILES string of the molecule is CCCNc1cncc(N(C)CC(=O)NCC(C)C)n1. The van der Waals surface area contributed by atoms with Crippen molar-refractivity contribution in [3.63, 3.8) is 0 Å². The van der Waals surface area contributed by atoms with Crippen LogP contribution in [0.5, 0.6) is 0 Å². The van der Waals surface area contributed by atoms with Gasteiger partial charge in [0.15, 0.2) is 0 Å². The molecule has 0 unspecified atom stereocenters. The monoisotopic (exact) mass is 279 g/mol. The highest BCUT2D eigenvalue weighted by molar-refractivity contribution is 5.80. The summed E-state index contributed by atoms with van der Waals surface area (Å²) < 4.78 is 0. The minimum Gasteiger partial charge on any atom is -0.369 e. The van der Waals surface area contributed by atoms with Crippen LogP contribution in [-0.4, -0.2) is 42.6 Å². The highest BCUT2D eigenvalue weighted by atomic mass is 16.2. The number of likely N-dealkylation sites (N-methyl/N-ethyl adjacent to an activating group) is 1. The summed E-state index contributed by atoms with van der Waals surface area (Å²) in [7, 11) is 1.84. The standard InChI is InChI=1S/C14H25N5O/c1-5-6-16-12-8-15-9-13(18-12)19(4)10-14(20)17-7-11(2)3/h8-9,11H,5-7,10H2,1-4H3,(H,16,18)(H,17,20).